The van der Waals surface area contributed by atoms with Crippen LogP contribution in [0.2, 0.25) is 0 Å². The van der Waals surface area contributed by atoms with E-state index in [0.717, 1.165) is 25.2 Å². The number of hydrogen-bond donors (Lipinski definition) is 1. The van der Waals surface area contributed by atoms with Gasteiger partial charge in [0.15, 0.2) is 0 Å². The van der Waals surface area contributed by atoms with Gasteiger partial charge in [-0.2, -0.15) is 0 Å². The minimum absolute atomic E-state index is 0.0564. The van der Waals surface area contributed by atoms with Crippen LogP contribution >= 0.6 is 0 Å². The first-order valence-electron chi connectivity index (χ1n) is 6.53. The number of nitrogens with two attached hydrogens (primary N) is 1. The Morgan fingerprint density at radius 2 is 2.28 bits per heavy atom. The van der Waals surface area contributed by atoms with E-state index in [-0.39, 0.29) is 6.04 Å². The summed E-state index contributed by atoms with van der Waals surface area (Å²) >= 11 is 0. The fourth-order valence-corrected chi connectivity index (χ4v) is 3.88. The predicted octanol–water partition coefficient (Wildman–Crippen LogP) is 2.04. The molecule has 1 aliphatic heterocycles. The van der Waals surface area contributed by atoms with Crippen molar-refractivity contribution in [1.82, 2.24) is 0 Å². The molecule has 4 heteroatoms. The normalized spacial score (nSPS) is 21.8. The van der Waals surface area contributed by atoms with Crippen LogP contribution in [0.1, 0.15) is 31.2 Å². The third-order valence-corrected chi connectivity index (χ3v) is 4.97. The molecule has 2 rings (SSSR count). The van der Waals surface area contributed by atoms with Crippen molar-refractivity contribution >= 4 is 10.8 Å². The number of ether oxygens (including phenoxy) is 1. The minimum atomic E-state index is -0.835. The van der Waals surface area contributed by atoms with Crippen LogP contribution in [-0.2, 0) is 10.8 Å². The van der Waals surface area contributed by atoms with Gasteiger partial charge < -0.3 is 10.5 Å². The Morgan fingerprint density at radius 3 is 3.06 bits per heavy atom. The topological polar surface area (TPSA) is 52.3 Å². The molecule has 3 atom stereocenters. The zero-order chi connectivity index (χ0) is 13.0. The van der Waals surface area contributed by atoms with Gasteiger partial charge in [-0.25, -0.2) is 0 Å². The second-order valence-electron chi connectivity index (χ2n) is 4.81. The molecule has 0 amide bonds. The molecular weight excluding hydrogens is 246 g/mol. The minimum Gasteiger partial charge on any atom is -0.493 e. The highest BCUT2D eigenvalue weighted by Gasteiger charge is 2.23. The van der Waals surface area contributed by atoms with Crippen LogP contribution in [0.15, 0.2) is 24.3 Å². The Bertz CT molecular complexity index is 422. The summed E-state index contributed by atoms with van der Waals surface area (Å²) in [5, 5.41) is 0. The molecule has 1 aliphatic rings. The molecule has 100 valence electrons. The van der Waals surface area contributed by atoms with Gasteiger partial charge in [0.2, 0.25) is 0 Å². The molecule has 0 fully saturated rings. The maximum Gasteiger partial charge on any atom is 0.122 e. The van der Waals surface area contributed by atoms with Crippen molar-refractivity contribution in [3.63, 3.8) is 0 Å². The number of para-hydroxylation sites is 1. The van der Waals surface area contributed by atoms with Crippen LogP contribution in [0.3, 0.4) is 0 Å². The van der Waals surface area contributed by atoms with E-state index in [2.05, 4.69) is 6.07 Å². The summed E-state index contributed by atoms with van der Waals surface area (Å²) in [5.41, 5.74) is 7.05. The van der Waals surface area contributed by atoms with E-state index in [4.69, 9.17) is 10.5 Å². The molecule has 0 bridgehead atoms. The fourth-order valence-electron chi connectivity index (χ4n) is 2.24. The van der Waals surface area contributed by atoms with E-state index in [9.17, 15) is 4.21 Å². The predicted molar refractivity (Wildman–Crippen MR) is 75.4 cm³/mol. The van der Waals surface area contributed by atoms with E-state index in [1.165, 1.54) is 5.56 Å². The maximum atomic E-state index is 12.1. The first-order chi connectivity index (χ1) is 8.70. The summed E-state index contributed by atoms with van der Waals surface area (Å²) in [6.07, 6.45) is 1.83. The molecule has 1 heterocycles. The standard InChI is InChI=1S/C14H21NO2S/c1-2-12(15)10-18(16)9-11-7-8-17-14-6-4-3-5-13(11)14/h3-6,11-12H,2,7-10,15H2,1H3. The average molecular weight is 267 g/mol. The third-order valence-electron chi connectivity index (χ3n) is 3.39. The fraction of sp³-hybridized carbons (Fsp3) is 0.571. The van der Waals surface area contributed by atoms with Gasteiger partial charge in [0, 0.05) is 34.3 Å². The van der Waals surface area contributed by atoms with Gasteiger partial charge in [-0.1, -0.05) is 25.1 Å². The van der Waals surface area contributed by atoms with Crippen molar-refractivity contribution in [2.45, 2.75) is 31.7 Å². The van der Waals surface area contributed by atoms with Crippen molar-refractivity contribution in [2.75, 3.05) is 18.1 Å². The van der Waals surface area contributed by atoms with Crippen molar-refractivity contribution < 1.29 is 8.95 Å². The Morgan fingerprint density at radius 1 is 1.50 bits per heavy atom. The quantitative estimate of drug-likeness (QED) is 0.888. The van der Waals surface area contributed by atoms with E-state index in [0.29, 0.717) is 17.4 Å². The van der Waals surface area contributed by atoms with Crippen LogP contribution in [-0.4, -0.2) is 28.4 Å². The largest absolute Gasteiger partial charge is 0.493 e. The monoisotopic (exact) mass is 267 g/mol. The number of benzene rings is 1. The lowest BCUT2D eigenvalue weighted by Gasteiger charge is -2.25. The van der Waals surface area contributed by atoms with Crippen molar-refractivity contribution in [1.29, 1.82) is 0 Å². The second-order valence-corrected chi connectivity index (χ2v) is 6.36. The Labute approximate surface area is 111 Å². The smallest absolute Gasteiger partial charge is 0.122 e. The highest BCUT2D eigenvalue weighted by Crippen LogP contribution is 2.33. The second kappa shape index (κ2) is 6.34. The molecule has 3 unspecified atom stereocenters. The number of hydrogen-bond acceptors (Lipinski definition) is 3. The molecule has 0 saturated heterocycles. The molecule has 0 spiro atoms. The lowest BCUT2D eigenvalue weighted by molar-refractivity contribution is 0.273. The summed E-state index contributed by atoms with van der Waals surface area (Å²) in [4.78, 5) is 0. The summed E-state index contributed by atoms with van der Waals surface area (Å²) in [7, 11) is -0.835. The summed E-state index contributed by atoms with van der Waals surface area (Å²) in [5.74, 6) is 2.61. The molecule has 1 aromatic rings. The lowest BCUT2D eigenvalue weighted by atomic mass is 9.95. The summed E-state index contributed by atoms with van der Waals surface area (Å²) in [6, 6.07) is 8.12. The zero-order valence-corrected chi connectivity index (χ0v) is 11.6. The van der Waals surface area contributed by atoms with Gasteiger partial charge in [0.05, 0.1) is 6.61 Å². The Hall–Kier alpha value is -0.870. The van der Waals surface area contributed by atoms with Crippen molar-refractivity contribution in [3.05, 3.63) is 29.8 Å². The number of fused-ring (bicyclic) bond motifs is 1. The van der Waals surface area contributed by atoms with E-state index >= 15 is 0 Å². The van der Waals surface area contributed by atoms with Gasteiger partial charge in [-0.3, -0.25) is 4.21 Å². The van der Waals surface area contributed by atoms with Crippen LogP contribution in [0.25, 0.3) is 0 Å². The number of rotatable bonds is 5. The molecule has 0 aromatic heterocycles. The molecule has 0 saturated carbocycles. The van der Waals surface area contributed by atoms with Crippen LogP contribution in [0.5, 0.6) is 5.75 Å². The van der Waals surface area contributed by atoms with E-state index < -0.39 is 10.8 Å². The highest BCUT2D eigenvalue weighted by atomic mass is 32.2. The third kappa shape index (κ3) is 3.33. The van der Waals surface area contributed by atoms with Crippen molar-refractivity contribution in [3.8, 4) is 5.75 Å². The first kappa shape index (κ1) is 13.6. The first-order valence-corrected chi connectivity index (χ1v) is 8.01. The molecule has 1 aromatic carbocycles. The van der Waals surface area contributed by atoms with Crippen molar-refractivity contribution in [2.24, 2.45) is 5.73 Å². The highest BCUT2D eigenvalue weighted by molar-refractivity contribution is 7.85. The summed E-state index contributed by atoms with van der Waals surface area (Å²) in [6.45, 7) is 2.75. The van der Waals surface area contributed by atoms with Gasteiger partial charge >= 0.3 is 0 Å². The molecule has 2 N–H and O–H groups in total. The van der Waals surface area contributed by atoms with Gasteiger partial charge in [-0.15, -0.1) is 0 Å². The Kier molecular flexibility index (Phi) is 4.78. The van der Waals surface area contributed by atoms with Crippen LogP contribution in [0, 0.1) is 0 Å². The molecule has 3 nitrogen and oxygen atoms in total. The van der Waals surface area contributed by atoms with E-state index in [1.54, 1.807) is 0 Å². The average Bonchev–Trinajstić information content (AvgIpc) is 2.39. The van der Waals surface area contributed by atoms with Crippen LogP contribution < -0.4 is 10.5 Å². The summed E-state index contributed by atoms with van der Waals surface area (Å²) < 4.78 is 17.7. The van der Waals surface area contributed by atoms with Gasteiger partial charge in [0.25, 0.3) is 0 Å². The van der Waals surface area contributed by atoms with Crippen LogP contribution in [0.4, 0.5) is 0 Å². The van der Waals surface area contributed by atoms with Gasteiger partial charge in [0.1, 0.15) is 5.75 Å². The molecule has 18 heavy (non-hydrogen) atoms. The SMILES string of the molecule is CCC(N)CS(=O)CC1CCOc2ccccc21. The maximum absolute atomic E-state index is 12.1. The lowest BCUT2D eigenvalue weighted by Crippen LogP contribution is -2.29. The molecular formula is C14H21NO2S. The zero-order valence-electron chi connectivity index (χ0n) is 10.8. The Balaban J connectivity index is 2.01. The molecule has 0 aliphatic carbocycles. The van der Waals surface area contributed by atoms with E-state index in [1.807, 2.05) is 25.1 Å². The molecule has 0 radical (unpaired) electrons. The van der Waals surface area contributed by atoms with Gasteiger partial charge in [-0.05, 0) is 24.5 Å².